The minimum atomic E-state index is -0.910. The number of esters is 1. The maximum atomic E-state index is 11.5. The molecule has 0 fully saturated rings. The molecule has 0 radical (unpaired) electrons. The number of carbonyl (C=O) groups is 2. The number of hydrogen-bond acceptors (Lipinski definition) is 6. The number of hydrogen-bond donors (Lipinski definition) is 3. The fraction of sp³-hybridized carbons (Fsp3) is 0.455. The summed E-state index contributed by atoms with van der Waals surface area (Å²) in [6.45, 7) is 3.79. The Bertz CT molecular complexity index is 377. The normalized spacial score (nSPS) is 10.5. The summed E-state index contributed by atoms with van der Waals surface area (Å²) in [6, 6.07) is -0.910. The van der Waals surface area contributed by atoms with Crippen LogP contribution < -0.4 is 10.6 Å². The van der Waals surface area contributed by atoms with Crippen molar-refractivity contribution in [1.82, 2.24) is 10.6 Å². The Labute approximate surface area is 110 Å². The van der Waals surface area contributed by atoms with E-state index in [1.807, 2.05) is 0 Å². The Morgan fingerprint density at radius 3 is 2.89 bits per heavy atom. The standard InChI is InChI=1S/C11H16N4O4/c1-2-6-19-10(18)9(14-7-16)4-3-5-13-11(12)15-8-17/h2,8-9H,1,3-6H2,(H3,12,13,15,17). The highest BCUT2D eigenvalue weighted by molar-refractivity contribution is 5.86. The minimum Gasteiger partial charge on any atom is -0.460 e. The van der Waals surface area contributed by atoms with Crippen LogP contribution in [-0.4, -0.2) is 43.6 Å². The second-order valence-electron chi connectivity index (χ2n) is 3.36. The summed E-state index contributed by atoms with van der Waals surface area (Å²) < 4.78 is 4.77. The Morgan fingerprint density at radius 2 is 2.32 bits per heavy atom. The summed E-state index contributed by atoms with van der Waals surface area (Å²) in [4.78, 5) is 35.0. The third kappa shape index (κ3) is 8.28. The van der Waals surface area contributed by atoms with Crippen molar-refractivity contribution in [2.75, 3.05) is 13.2 Å². The van der Waals surface area contributed by atoms with Gasteiger partial charge in [-0.2, -0.15) is 4.99 Å². The zero-order chi connectivity index (χ0) is 14.5. The van der Waals surface area contributed by atoms with E-state index >= 15 is 0 Å². The van der Waals surface area contributed by atoms with Crippen LogP contribution in [0.4, 0.5) is 0 Å². The van der Waals surface area contributed by atoms with E-state index in [0.717, 1.165) is 0 Å². The van der Waals surface area contributed by atoms with E-state index in [2.05, 4.69) is 22.2 Å². The van der Waals surface area contributed by atoms with Gasteiger partial charge in [0.05, 0.1) is 0 Å². The molecule has 0 saturated carbocycles. The second-order valence-corrected chi connectivity index (χ2v) is 3.36. The Kier molecular flexibility index (Phi) is 9.28. The number of isocyanates is 1. The summed E-state index contributed by atoms with van der Waals surface area (Å²) in [6.07, 6.45) is 3.84. The molecule has 0 aliphatic rings. The van der Waals surface area contributed by atoms with E-state index in [1.165, 1.54) is 12.2 Å². The van der Waals surface area contributed by atoms with Crippen molar-refractivity contribution in [2.45, 2.75) is 18.9 Å². The molecular weight excluding hydrogens is 252 g/mol. The van der Waals surface area contributed by atoms with Gasteiger partial charge >= 0.3 is 5.97 Å². The Balaban J connectivity index is 4.04. The third-order valence-electron chi connectivity index (χ3n) is 1.98. The van der Waals surface area contributed by atoms with Crippen LogP contribution in [0.3, 0.4) is 0 Å². The van der Waals surface area contributed by atoms with Gasteiger partial charge in [-0.3, -0.25) is 15.5 Å². The fourth-order valence-electron chi connectivity index (χ4n) is 1.15. The van der Waals surface area contributed by atoms with Crippen LogP contribution >= 0.6 is 0 Å². The molecular formula is C11H16N4O4. The summed E-state index contributed by atoms with van der Waals surface area (Å²) in [5.41, 5.74) is 0. The van der Waals surface area contributed by atoms with Crippen molar-refractivity contribution < 1.29 is 19.1 Å². The lowest BCUT2D eigenvalue weighted by molar-refractivity contribution is -0.144. The summed E-state index contributed by atoms with van der Waals surface area (Å²) in [7, 11) is 0. The van der Waals surface area contributed by atoms with Crippen LogP contribution in [0.25, 0.3) is 0 Å². The molecule has 19 heavy (non-hydrogen) atoms. The van der Waals surface area contributed by atoms with E-state index in [-0.39, 0.29) is 19.0 Å². The maximum Gasteiger partial charge on any atom is 0.332 e. The van der Waals surface area contributed by atoms with Gasteiger partial charge < -0.3 is 10.1 Å². The Morgan fingerprint density at radius 1 is 1.58 bits per heavy atom. The summed E-state index contributed by atoms with van der Waals surface area (Å²) >= 11 is 0. The van der Waals surface area contributed by atoms with Gasteiger partial charge in [0.15, 0.2) is 12.0 Å². The average molecular weight is 268 g/mol. The SMILES string of the molecule is C=CCOC(=O)C(CCCNC(=N)NC=O)N=C=O. The quantitative estimate of drug-likeness (QED) is 0.0987. The van der Waals surface area contributed by atoms with Crippen molar-refractivity contribution in [3.8, 4) is 0 Å². The van der Waals surface area contributed by atoms with Crippen LogP contribution in [-0.2, 0) is 19.1 Å². The topological polar surface area (TPSA) is 121 Å². The number of amides is 1. The van der Waals surface area contributed by atoms with Crippen molar-refractivity contribution in [2.24, 2.45) is 4.99 Å². The number of ether oxygens (including phenoxy) is 1. The van der Waals surface area contributed by atoms with Crippen molar-refractivity contribution >= 4 is 24.4 Å². The summed E-state index contributed by atoms with van der Waals surface area (Å²) in [5.74, 6) is -0.760. The predicted molar refractivity (Wildman–Crippen MR) is 67.2 cm³/mol. The van der Waals surface area contributed by atoms with Gasteiger partial charge in [0.1, 0.15) is 6.61 Å². The van der Waals surface area contributed by atoms with E-state index < -0.39 is 12.0 Å². The molecule has 0 heterocycles. The van der Waals surface area contributed by atoms with Crippen LogP contribution in [0.1, 0.15) is 12.8 Å². The number of aliphatic imine (C=N–C) groups is 1. The largest absolute Gasteiger partial charge is 0.460 e. The van der Waals surface area contributed by atoms with Crippen LogP contribution in [0.2, 0.25) is 0 Å². The molecule has 0 aliphatic carbocycles. The molecule has 0 aromatic carbocycles. The number of carbonyl (C=O) groups excluding carboxylic acids is 3. The molecule has 0 bridgehead atoms. The lowest BCUT2D eigenvalue weighted by Gasteiger charge is -2.10. The fourth-order valence-corrected chi connectivity index (χ4v) is 1.15. The van der Waals surface area contributed by atoms with Gasteiger partial charge in [0, 0.05) is 6.54 Å². The lowest BCUT2D eigenvalue weighted by atomic mass is 10.1. The molecule has 8 heteroatoms. The highest BCUT2D eigenvalue weighted by atomic mass is 16.5. The van der Waals surface area contributed by atoms with Gasteiger partial charge in [-0.15, -0.1) is 0 Å². The molecule has 0 aromatic heterocycles. The zero-order valence-electron chi connectivity index (χ0n) is 10.3. The monoisotopic (exact) mass is 268 g/mol. The number of nitrogens with one attached hydrogen (secondary N) is 3. The molecule has 8 nitrogen and oxygen atoms in total. The number of nitrogens with zero attached hydrogens (tertiary/aromatic N) is 1. The molecule has 0 rings (SSSR count). The van der Waals surface area contributed by atoms with Crippen molar-refractivity contribution in [3.63, 3.8) is 0 Å². The zero-order valence-corrected chi connectivity index (χ0v) is 10.3. The Hall–Kier alpha value is -2.47. The van der Waals surface area contributed by atoms with Gasteiger partial charge in [0.2, 0.25) is 12.5 Å². The van der Waals surface area contributed by atoms with Gasteiger partial charge in [0.25, 0.3) is 0 Å². The highest BCUT2D eigenvalue weighted by Crippen LogP contribution is 2.03. The van der Waals surface area contributed by atoms with Gasteiger partial charge in [-0.1, -0.05) is 12.7 Å². The first-order chi connectivity index (χ1) is 9.15. The predicted octanol–water partition coefficient (Wildman–Crippen LogP) is -0.529. The molecule has 0 aromatic rings. The highest BCUT2D eigenvalue weighted by Gasteiger charge is 2.18. The van der Waals surface area contributed by atoms with Crippen LogP contribution in [0, 0.1) is 5.41 Å². The molecule has 104 valence electrons. The molecule has 0 spiro atoms. The van der Waals surface area contributed by atoms with Crippen molar-refractivity contribution in [1.29, 1.82) is 5.41 Å². The van der Waals surface area contributed by atoms with Crippen LogP contribution in [0.5, 0.6) is 0 Å². The number of guanidine groups is 1. The molecule has 1 atom stereocenters. The maximum absolute atomic E-state index is 11.5. The molecule has 0 saturated heterocycles. The van der Waals surface area contributed by atoms with Crippen LogP contribution in [0.15, 0.2) is 17.6 Å². The molecule has 1 unspecified atom stereocenters. The molecule has 0 aliphatic heterocycles. The molecule has 3 N–H and O–H groups in total. The third-order valence-corrected chi connectivity index (χ3v) is 1.98. The van der Waals surface area contributed by atoms with Crippen molar-refractivity contribution in [3.05, 3.63) is 12.7 Å². The first-order valence-electron chi connectivity index (χ1n) is 5.52. The second kappa shape index (κ2) is 10.7. The lowest BCUT2D eigenvalue weighted by Crippen LogP contribution is -2.36. The van der Waals surface area contributed by atoms with E-state index in [1.54, 1.807) is 0 Å². The first-order valence-corrected chi connectivity index (χ1v) is 5.52. The number of rotatable bonds is 9. The van der Waals surface area contributed by atoms with Gasteiger partial charge in [-0.25, -0.2) is 9.59 Å². The minimum absolute atomic E-state index is 0.0514. The first kappa shape index (κ1) is 16.5. The van der Waals surface area contributed by atoms with E-state index in [4.69, 9.17) is 10.1 Å². The smallest absolute Gasteiger partial charge is 0.332 e. The average Bonchev–Trinajstić information content (AvgIpc) is 2.39. The van der Waals surface area contributed by atoms with E-state index in [0.29, 0.717) is 19.4 Å². The van der Waals surface area contributed by atoms with E-state index in [9.17, 15) is 14.4 Å². The van der Waals surface area contributed by atoms with Gasteiger partial charge in [-0.05, 0) is 12.8 Å². The molecule has 1 amide bonds. The summed E-state index contributed by atoms with van der Waals surface area (Å²) in [5, 5.41) is 11.9.